The van der Waals surface area contributed by atoms with Crippen LogP contribution in [0.15, 0.2) is 54.7 Å². The second-order valence-corrected chi connectivity index (χ2v) is 8.46. The van der Waals surface area contributed by atoms with Crippen molar-refractivity contribution in [3.05, 3.63) is 70.9 Å². The van der Waals surface area contributed by atoms with Crippen LogP contribution in [0.4, 0.5) is 10.9 Å². The highest BCUT2D eigenvalue weighted by Crippen LogP contribution is 2.24. The Labute approximate surface area is 169 Å². The van der Waals surface area contributed by atoms with E-state index in [-0.39, 0.29) is 5.91 Å². The SMILES string of the molecule is Cc1cnc(Nc2cccc(CC3CCN(C(=O)c4ccccc4)CC3)n2)s1. The fourth-order valence-electron chi connectivity index (χ4n) is 3.58. The van der Waals surface area contributed by atoms with Gasteiger partial charge in [0.05, 0.1) is 0 Å². The normalized spacial score (nSPS) is 14.8. The topological polar surface area (TPSA) is 58.1 Å². The van der Waals surface area contributed by atoms with Gasteiger partial charge in [-0.3, -0.25) is 4.79 Å². The zero-order valence-corrected chi connectivity index (χ0v) is 16.8. The molecule has 0 radical (unpaired) electrons. The molecule has 0 spiro atoms. The van der Waals surface area contributed by atoms with Gasteiger partial charge in [-0.25, -0.2) is 9.97 Å². The smallest absolute Gasteiger partial charge is 0.253 e. The van der Waals surface area contributed by atoms with E-state index in [1.54, 1.807) is 11.3 Å². The number of rotatable bonds is 5. The highest BCUT2D eigenvalue weighted by atomic mass is 32.1. The van der Waals surface area contributed by atoms with Gasteiger partial charge in [-0.1, -0.05) is 24.3 Å². The minimum absolute atomic E-state index is 0.141. The molecule has 1 aliphatic heterocycles. The molecule has 1 aromatic carbocycles. The maximum atomic E-state index is 12.6. The van der Waals surface area contributed by atoms with Crippen LogP contribution in [0.2, 0.25) is 0 Å². The number of amides is 1. The third kappa shape index (κ3) is 4.57. The van der Waals surface area contributed by atoms with Crippen molar-refractivity contribution < 1.29 is 4.79 Å². The number of hydrogen-bond acceptors (Lipinski definition) is 5. The summed E-state index contributed by atoms with van der Waals surface area (Å²) in [7, 11) is 0. The number of hydrogen-bond donors (Lipinski definition) is 1. The number of carbonyl (C=O) groups excluding carboxylic acids is 1. The largest absolute Gasteiger partial charge is 0.339 e. The van der Waals surface area contributed by atoms with Crippen LogP contribution in [-0.2, 0) is 6.42 Å². The third-order valence-corrected chi connectivity index (χ3v) is 5.91. The zero-order chi connectivity index (χ0) is 19.3. The Bertz CT molecular complexity index is 932. The molecular formula is C22H24N4OS. The quantitative estimate of drug-likeness (QED) is 0.685. The summed E-state index contributed by atoms with van der Waals surface area (Å²) in [6.07, 6.45) is 4.84. The van der Waals surface area contributed by atoms with Gasteiger partial charge in [0, 0.05) is 35.4 Å². The first kappa shape index (κ1) is 18.6. The average Bonchev–Trinajstić information content (AvgIpc) is 3.13. The fraction of sp³-hybridized carbons (Fsp3) is 0.318. The minimum Gasteiger partial charge on any atom is -0.339 e. The summed E-state index contributed by atoms with van der Waals surface area (Å²) < 4.78 is 0. The minimum atomic E-state index is 0.141. The first-order valence-corrected chi connectivity index (χ1v) is 10.5. The van der Waals surface area contributed by atoms with E-state index in [0.717, 1.165) is 54.6 Å². The van der Waals surface area contributed by atoms with Gasteiger partial charge in [0.1, 0.15) is 5.82 Å². The second-order valence-electron chi connectivity index (χ2n) is 7.22. The number of carbonyl (C=O) groups is 1. The first-order chi connectivity index (χ1) is 13.7. The summed E-state index contributed by atoms with van der Waals surface area (Å²) in [5.41, 5.74) is 1.87. The number of thiazole rings is 1. The molecule has 1 saturated heterocycles. The van der Waals surface area contributed by atoms with E-state index in [4.69, 9.17) is 4.98 Å². The highest BCUT2D eigenvalue weighted by molar-refractivity contribution is 7.15. The Balaban J connectivity index is 1.32. The van der Waals surface area contributed by atoms with Crippen LogP contribution in [-0.4, -0.2) is 33.9 Å². The Kier molecular flexibility index (Phi) is 5.67. The van der Waals surface area contributed by atoms with Crippen molar-refractivity contribution in [2.45, 2.75) is 26.2 Å². The predicted molar refractivity (Wildman–Crippen MR) is 113 cm³/mol. The number of piperidine rings is 1. The van der Waals surface area contributed by atoms with Crippen LogP contribution in [0.3, 0.4) is 0 Å². The van der Waals surface area contributed by atoms with Gasteiger partial charge in [-0.05, 0) is 56.4 Å². The van der Waals surface area contributed by atoms with E-state index < -0.39 is 0 Å². The van der Waals surface area contributed by atoms with E-state index in [0.29, 0.717) is 5.92 Å². The average molecular weight is 393 g/mol. The molecule has 1 aliphatic rings. The van der Waals surface area contributed by atoms with Crippen LogP contribution in [0.1, 0.15) is 33.8 Å². The van der Waals surface area contributed by atoms with Crippen molar-refractivity contribution in [2.24, 2.45) is 5.92 Å². The molecule has 5 nitrogen and oxygen atoms in total. The molecule has 0 saturated carbocycles. The lowest BCUT2D eigenvalue weighted by Gasteiger charge is -2.32. The Morgan fingerprint density at radius 3 is 2.64 bits per heavy atom. The summed E-state index contributed by atoms with van der Waals surface area (Å²) >= 11 is 1.63. The van der Waals surface area contributed by atoms with E-state index in [1.165, 1.54) is 4.88 Å². The lowest BCUT2D eigenvalue weighted by molar-refractivity contribution is 0.0690. The molecule has 0 unspecified atom stereocenters. The molecule has 0 bridgehead atoms. The van der Waals surface area contributed by atoms with Gasteiger partial charge in [0.25, 0.3) is 5.91 Å². The molecule has 1 N–H and O–H groups in total. The molecule has 4 rings (SSSR count). The third-order valence-electron chi connectivity index (χ3n) is 5.08. The molecule has 3 aromatic rings. The van der Waals surface area contributed by atoms with Gasteiger partial charge >= 0.3 is 0 Å². The van der Waals surface area contributed by atoms with Crippen molar-refractivity contribution in [3.8, 4) is 0 Å². The summed E-state index contributed by atoms with van der Waals surface area (Å²) in [4.78, 5) is 24.8. The summed E-state index contributed by atoms with van der Waals surface area (Å²) in [6.45, 7) is 3.67. The zero-order valence-electron chi connectivity index (χ0n) is 16.0. The van der Waals surface area contributed by atoms with E-state index in [9.17, 15) is 4.79 Å². The number of anilines is 2. The van der Waals surface area contributed by atoms with E-state index >= 15 is 0 Å². The molecule has 3 heterocycles. The number of likely N-dealkylation sites (tertiary alicyclic amines) is 1. The lowest BCUT2D eigenvalue weighted by atomic mass is 9.91. The van der Waals surface area contributed by atoms with Gasteiger partial charge in [0.2, 0.25) is 0 Å². The number of pyridine rings is 1. The van der Waals surface area contributed by atoms with Gasteiger partial charge in [-0.2, -0.15) is 0 Å². The van der Waals surface area contributed by atoms with E-state index in [2.05, 4.69) is 16.4 Å². The molecule has 144 valence electrons. The lowest BCUT2D eigenvalue weighted by Crippen LogP contribution is -2.38. The molecule has 2 aromatic heterocycles. The van der Waals surface area contributed by atoms with Crippen LogP contribution in [0.25, 0.3) is 0 Å². The van der Waals surface area contributed by atoms with Crippen LogP contribution >= 0.6 is 11.3 Å². The summed E-state index contributed by atoms with van der Waals surface area (Å²) in [5.74, 6) is 1.54. The molecule has 0 aliphatic carbocycles. The number of nitrogens with zero attached hydrogens (tertiary/aromatic N) is 3. The second kappa shape index (κ2) is 8.52. The Morgan fingerprint density at radius 2 is 1.93 bits per heavy atom. The fourth-order valence-corrected chi connectivity index (χ4v) is 4.26. The van der Waals surface area contributed by atoms with Crippen molar-refractivity contribution in [3.63, 3.8) is 0 Å². The monoisotopic (exact) mass is 392 g/mol. The van der Waals surface area contributed by atoms with Crippen molar-refractivity contribution in [2.75, 3.05) is 18.4 Å². The molecule has 6 heteroatoms. The molecule has 1 fully saturated rings. The van der Waals surface area contributed by atoms with Crippen molar-refractivity contribution >= 4 is 28.2 Å². The first-order valence-electron chi connectivity index (χ1n) is 9.67. The number of nitrogens with one attached hydrogen (secondary N) is 1. The standard InChI is InChI=1S/C22H24N4OS/c1-16-15-23-22(28-16)25-20-9-5-8-19(24-20)14-17-10-12-26(13-11-17)21(27)18-6-3-2-4-7-18/h2-9,15,17H,10-14H2,1H3,(H,23,24,25). The summed E-state index contributed by atoms with van der Waals surface area (Å²) in [5, 5.41) is 4.16. The number of benzene rings is 1. The van der Waals surface area contributed by atoms with Crippen molar-refractivity contribution in [1.29, 1.82) is 0 Å². The molecule has 0 atom stereocenters. The molecular weight excluding hydrogens is 368 g/mol. The van der Waals surface area contributed by atoms with Gasteiger partial charge in [-0.15, -0.1) is 11.3 Å². The van der Waals surface area contributed by atoms with E-state index in [1.807, 2.05) is 60.5 Å². The number of aromatic nitrogens is 2. The maximum absolute atomic E-state index is 12.6. The van der Waals surface area contributed by atoms with Crippen LogP contribution in [0.5, 0.6) is 0 Å². The van der Waals surface area contributed by atoms with Crippen LogP contribution < -0.4 is 5.32 Å². The van der Waals surface area contributed by atoms with Crippen molar-refractivity contribution in [1.82, 2.24) is 14.9 Å². The Morgan fingerprint density at radius 1 is 1.14 bits per heavy atom. The number of aryl methyl sites for hydroxylation is 1. The van der Waals surface area contributed by atoms with Crippen LogP contribution in [0, 0.1) is 12.8 Å². The predicted octanol–water partition coefficient (Wildman–Crippen LogP) is 4.69. The summed E-state index contributed by atoms with van der Waals surface area (Å²) in [6, 6.07) is 15.6. The molecule has 1 amide bonds. The van der Waals surface area contributed by atoms with Gasteiger partial charge in [0.15, 0.2) is 5.13 Å². The van der Waals surface area contributed by atoms with Gasteiger partial charge < -0.3 is 10.2 Å². The molecule has 28 heavy (non-hydrogen) atoms. The maximum Gasteiger partial charge on any atom is 0.253 e. The highest BCUT2D eigenvalue weighted by Gasteiger charge is 2.24. The Hall–Kier alpha value is -2.73.